The highest BCUT2D eigenvalue weighted by Gasteiger charge is 2.12. The smallest absolute Gasteiger partial charge is 0.0945 e. The molecule has 1 aromatic carbocycles. The molecule has 0 aromatic heterocycles. The van der Waals surface area contributed by atoms with Gasteiger partial charge in [-0.2, -0.15) is 0 Å². The molecular weight excluding hydrogens is 266 g/mol. The number of rotatable bonds is 9. The Kier molecular flexibility index (Phi) is 7.72. The van der Waals surface area contributed by atoms with Crippen LogP contribution in [-0.4, -0.2) is 44.2 Å². The van der Waals surface area contributed by atoms with Gasteiger partial charge >= 0.3 is 0 Å². The molecule has 0 fully saturated rings. The van der Waals surface area contributed by atoms with Gasteiger partial charge in [0.05, 0.1) is 25.9 Å². The molecule has 1 atom stereocenters. The summed E-state index contributed by atoms with van der Waals surface area (Å²) in [5.41, 5.74) is 2.47. The summed E-state index contributed by atoms with van der Waals surface area (Å²) in [6, 6.07) is 8.33. The molecule has 1 unspecified atom stereocenters. The van der Waals surface area contributed by atoms with Gasteiger partial charge in [0, 0.05) is 18.8 Å². The predicted molar refractivity (Wildman–Crippen MR) is 87.0 cm³/mol. The number of ether oxygens (including phenoxy) is 2. The first-order chi connectivity index (χ1) is 9.93. The zero-order valence-electron chi connectivity index (χ0n) is 13.7. The van der Waals surface area contributed by atoms with Crippen molar-refractivity contribution in [3.63, 3.8) is 0 Å². The molecular formula is C17H29NO3. The highest BCUT2D eigenvalue weighted by atomic mass is 16.5. The number of anilines is 1. The maximum absolute atomic E-state index is 9.82. The Morgan fingerprint density at radius 3 is 2.29 bits per heavy atom. The van der Waals surface area contributed by atoms with E-state index in [4.69, 9.17) is 9.47 Å². The number of hydrogen-bond acceptors (Lipinski definition) is 4. The molecule has 0 bridgehead atoms. The van der Waals surface area contributed by atoms with Crippen molar-refractivity contribution in [2.45, 2.75) is 39.2 Å². The quantitative estimate of drug-likeness (QED) is 0.688. The summed E-state index contributed by atoms with van der Waals surface area (Å²) >= 11 is 0. The topological polar surface area (TPSA) is 50.7 Å². The van der Waals surface area contributed by atoms with Crippen LogP contribution < -0.4 is 5.32 Å². The molecule has 0 saturated carbocycles. The average molecular weight is 295 g/mol. The van der Waals surface area contributed by atoms with E-state index in [0.717, 1.165) is 5.69 Å². The molecule has 0 radical (unpaired) electrons. The Morgan fingerprint density at radius 2 is 1.71 bits per heavy atom. The minimum Gasteiger partial charge on any atom is -0.389 e. The third kappa shape index (κ3) is 7.46. The maximum Gasteiger partial charge on any atom is 0.0945 e. The van der Waals surface area contributed by atoms with Crippen molar-refractivity contribution in [3.8, 4) is 0 Å². The van der Waals surface area contributed by atoms with Crippen molar-refractivity contribution in [2.75, 3.05) is 38.3 Å². The fourth-order valence-electron chi connectivity index (χ4n) is 1.86. The number of aliphatic hydroxyl groups excluding tert-OH is 1. The first kappa shape index (κ1) is 18.0. The largest absolute Gasteiger partial charge is 0.389 e. The monoisotopic (exact) mass is 295 g/mol. The van der Waals surface area contributed by atoms with Gasteiger partial charge in [0.2, 0.25) is 0 Å². The molecule has 0 aliphatic heterocycles. The van der Waals surface area contributed by atoms with Crippen molar-refractivity contribution in [2.24, 2.45) is 0 Å². The molecule has 120 valence electrons. The van der Waals surface area contributed by atoms with Crippen LogP contribution in [0.25, 0.3) is 0 Å². The van der Waals surface area contributed by atoms with Crippen LogP contribution in [0, 0.1) is 0 Å². The summed E-state index contributed by atoms with van der Waals surface area (Å²) in [5, 5.41) is 13.0. The molecule has 2 N–H and O–H groups in total. The molecule has 1 rings (SSSR count). The first-order valence-electron chi connectivity index (χ1n) is 7.61. The van der Waals surface area contributed by atoms with Gasteiger partial charge in [0.15, 0.2) is 0 Å². The Bertz CT molecular complexity index is 384. The van der Waals surface area contributed by atoms with E-state index in [0.29, 0.717) is 33.0 Å². The van der Waals surface area contributed by atoms with Gasteiger partial charge in [-0.15, -0.1) is 0 Å². The Morgan fingerprint density at radius 1 is 1.10 bits per heavy atom. The second-order valence-electron chi connectivity index (χ2n) is 6.13. The number of aliphatic hydroxyl groups is 1. The van der Waals surface area contributed by atoms with Crippen molar-refractivity contribution < 1.29 is 14.6 Å². The van der Waals surface area contributed by atoms with E-state index in [2.05, 4.69) is 38.2 Å². The molecule has 4 nitrogen and oxygen atoms in total. The van der Waals surface area contributed by atoms with E-state index in [1.807, 2.05) is 19.1 Å². The Labute approximate surface area is 128 Å². The highest BCUT2D eigenvalue weighted by Crippen LogP contribution is 2.23. The van der Waals surface area contributed by atoms with E-state index in [1.165, 1.54) is 5.56 Å². The zero-order valence-corrected chi connectivity index (χ0v) is 13.7. The first-order valence-corrected chi connectivity index (χ1v) is 7.61. The number of hydrogen-bond donors (Lipinski definition) is 2. The number of nitrogens with one attached hydrogen (secondary N) is 1. The molecule has 0 amide bonds. The standard InChI is InChI=1S/C17H29NO3/c1-5-20-10-11-21-13-16(19)12-18-15-8-6-14(7-9-15)17(2,3)4/h6-9,16,18-19H,5,10-13H2,1-4H3. The summed E-state index contributed by atoms with van der Waals surface area (Å²) < 4.78 is 10.5. The third-order valence-corrected chi connectivity index (χ3v) is 3.18. The zero-order chi connectivity index (χ0) is 15.7. The van der Waals surface area contributed by atoms with Crippen LogP contribution in [-0.2, 0) is 14.9 Å². The van der Waals surface area contributed by atoms with Crippen molar-refractivity contribution in [1.82, 2.24) is 0 Å². The Balaban J connectivity index is 2.25. The fourth-order valence-corrected chi connectivity index (χ4v) is 1.86. The summed E-state index contributed by atoms with van der Waals surface area (Å²) in [6.07, 6.45) is -0.520. The molecule has 1 aromatic rings. The van der Waals surface area contributed by atoms with Crippen LogP contribution in [0.3, 0.4) is 0 Å². The van der Waals surface area contributed by atoms with Gasteiger partial charge in [0.1, 0.15) is 0 Å². The summed E-state index contributed by atoms with van der Waals surface area (Å²) in [6.45, 7) is 11.1. The second kappa shape index (κ2) is 9.03. The lowest BCUT2D eigenvalue weighted by Crippen LogP contribution is -2.25. The molecule has 0 heterocycles. The van der Waals surface area contributed by atoms with E-state index in [9.17, 15) is 5.11 Å². The van der Waals surface area contributed by atoms with Gasteiger partial charge in [-0.3, -0.25) is 0 Å². The van der Waals surface area contributed by atoms with Crippen molar-refractivity contribution in [3.05, 3.63) is 29.8 Å². The molecule has 0 spiro atoms. The Hall–Kier alpha value is -1.10. The maximum atomic E-state index is 9.82. The molecule has 0 aliphatic rings. The summed E-state index contributed by atoms with van der Waals surface area (Å²) in [5.74, 6) is 0. The fraction of sp³-hybridized carbons (Fsp3) is 0.647. The van der Waals surface area contributed by atoms with E-state index in [1.54, 1.807) is 0 Å². The van der Waals surface area contributed by atoms with Gasteiger partial charge in [0.25, 0.3) is 0 Å². The minimum absolute atomic E-state index is 0.159. The molecule has 0 saturated heterocycles. The van der Waals surface area contributed by atoms with Crippen LogP contribution >= 0.6 is 0 Å². The lowest BCUT2D eigenvalue weighted by atomic mass is 9.87. The third-order valence-electron chi connectivity index (χ3n) is 3.18. The molecule has 4 heteroatoms. The van der Waals surface area contributed by atoms with Gasteiger partial charge in [-0.1, -0.05) is 32.9 Å². The van der Waals surface area contributed by atoms with E-state index in [-0.39, 0.29) is 5.41 Å². The molecule has 21 heavy (non-hydrogen) atoms. The second-order valence-corrected chi connectivity index (χ2v) is 6.13. The highest BCUT2D eigenvalue weighted by molar-refractivity contribution is 5.45. The lowest BCUT2D eigenvalue weighted by Gasteiger charge is -2.19. The molecule has 0 aliphatic carbocycles. The minimum atomic E-state index is -0.520. The van der Waals surface area contributed by atoms with E-state index >= 15 is 0 Å². The lowest BCUT2D eigenvalue weighted by molar-refractivity contribution is 0.0103. The van der Waals surface area contributed by atoms with Crippen molar-refractivity contribution in [1.29, 1.82) is 0 Å². The van der Waals surface area contributed by atoms with Crippen LogP contribution in [0.15, 0.2) is 24.3 Å². The van der Waals surface area contributed by atoms with Crippen LogP contribution in [0.1, 0.15) is 33.3 Å². The predicted octanol–water partition coefficient (Wildman–Crippen LogP) is 2.81. The van der Waals surface area contributed by atoms with E-state index < -0.39 is 6.10 Å². The van der Waals surface area contributed by atoms with Gasteiger partial charge in [-0.25, -0.2) is 0 Å². The summed E-state index contributed by atoms with van der Waals surface area (Å²) in [7, 11) is 0. The SMILES string of the molecule is CCOCCOCC(O)CNc1ccc(C(C)(C)C)cc1. The normalized spacial score (nSPS) is 13.2. The van der Waals surface area contributed by atoms with Crippen LogP contribution in [0.4, 0.5) is 5.69 Å². The number of benzene rings is 1. The van der Waals surface area contributed by atoms with Gasteiger partial charge in [-0.05, 0) is 30.0 Å². The van der Waals surface area contributed by atoms with Crippen LogP contribution in [0.5, 0.6) is 0 Å². The summed E-state index contributed by atoms with van der Waals surface area (Å²) in [4.78, 5) is 0. The average Bonchev–Trinajstić information content (AvgIpc) is 2.44. The van der Waals surface area contributed by atoms with Crippen LogP contribution in [0.2, 0.25) is 0 Å². The van der Waals surface area contributed by atoms with Crippen molar-refractivity contribution >= 4 is 5.69 Å². The van der Waals surface area contributed by atoms with Gasteiger partial charge < -0.3 is 19.9 Å².